The van der Waals surface area contributed by atoms with Crippen molar-refractivity contribution in [3.8, 4) is 11.4 Å². The van der Waals surface area contributed by atoms with Gasteiger partial charge in [-0.3, -0.25) is 5.32 Å². The number of primary sulfonamides is 1. The summed E-state index contributed by atoms with van der Waals surface area (Å²) in [7, 11) is -3.91. The number of aromatic nitrogens is 2. The van der Waals surface area contributed by atoms with Crippen LogP contribution >= 0.6 is 11.6 Å². The van der Waals surface area contributed by atoms with Crippen molar-refractivity contribution in [3.05, 3.63) is 71.0 Å². The summed E-state index contributed by atoms with van der Waals surface area (Å²) in [4.78, 5) is 12.2. The first kappa shape index (κ1) is 22.6. The molecule has 3 N–H and O–H groups in total. The number of ether oxygens (including phenoxy) is 1. The number of anilines is 1. The lowest BCUT2D eigenvalue weighted by Gasteiger charge is -2.13. The van der Waals surface area contributed by atoms with Gasteiger partial charge in [0, 0.05) is 10.7 Å². The van der Waals surface area contributed by atoms with Gasteiger partial charge in [-0.25, -0.2) is 23.0 Å². The fraction of sp³-hybridized carbons (Fsp3) is 0.111. The second-order valence-electron chi connectivity index (χ2n) is 6.22. The molecule has 0 spiro atoms. The second kappa shape index (κ2) is 8.57. The zero-order valence-corrected chi connectivity index (χ0v) is 17.0. The Balaban J connectivity index is 1.88. The molecule has 164 valence electrons. The summed E-state index contributed by atoms with van der Waals surface area (Å²) in [6.45, 7) is 0. The van der Waals surface area contributed by atoms with Crippen molar-refractivity contribution in [2.75, 3.05) is 5.32 Å². The number of sulfonamides is 1. The summed E-state index contributed by atoms with van der Waals surface area (Å²) in [5, 5.41) is 11.2. The molecule has 1 heterocycles. The molecule has 0 unspecified atom stereocenters. The number of halogens is 4. The van der Waals surface area contributed by atoms with Crippen LogP contribution in [0.3, 0.4) is 0 Å². The number of hydrogen-bond donors (Lipinski definition) is 2. The van der Waals surface area contributed by atoms with Gasteiger partial charge in [0.25, 0.3) is 0 Å². The maximum Gasteiger partial charge on any atom is 0.437 e. The van der Waals surface area contributed by atoms with Crippen LogP contribution in [0.2, 0.25) is 5.02 Å². The van der Waals surface area contributed by atoms with Crippen molar-refractivity contribution in [2.45, 2.75) is 11.9 Å². The molecule has 1 aromatic heterocycles. The number of nitrogens with one attached hydrogen (secondary N) is 1. The maximum atomic E-state index is 13.7. The smallest absolute Gasteiger partial charge is 0.406 e. The van der Waals surface area contributed by atoms with Crippen molar-refractivity contribution in [1.82, 2.24) is 9.78 Å². The van der Waals surface area contributed by atoms with E-state index < -0.39 is 39.5 Å². The van der Waals surface area contributed by atoms with Gasteiger partial charge < -0.3 is 4.74 Å². The van der Waals surface area contributed by atoms with Gasteiger partial charge in [0.2, 0.25) is 10.0 Å². The highest BCUT2D eigenvalue weighted by Crippen LogP contribution is 2.38. The van der Waals surface area contributed by atoms with Crippen LogP contribution in [0.15, 0.2) is 54.7 Å². The van der Waals surface area contributed by atoms with Gasteiger partial charge in [0.15, 0.2) is 11.4 Å². The van der Waals surface area contributed by atoms with E-state index in [2.05, 4.69) is 10.4 Å². The Morgan fingerprint density at radius 2 is 1.81 bits per heavy atom. The van der Waals surface area contributed by atoms with Crippen molar-refractivity contribution in [2.24, 2.45) is 5.14 Å². The van der Waals surface area contributed by atoms with Gasteiger partial charge in [-0.2, -0.15) is 18.3 Å². The van der Waals surface area contributed by atoms with Gasteiger partial charge in [0.1, 0.15) is 0 Å². The number of hydrogen-bond acceptors (Lipinski definition) is 5. The average Bonchev–Trinajstić information content (AvgIpc) is 3.06. The number of nitrogens with two attached hydrogens (primary N) is 1. The van der Waals surface area contributed by atoms with E-state index in [0.29, 0.717) is 9.70 Å². The molecule has 0 atom stereocenters. The Labute approximate surface area is 179 Å². The first-order valence-electron chi connectivity index (χ1n) is 8.42. The first-order valence-corrected chi connectivity index (χ1v) is 10.5. The molecule has 0 saturated carbocycles. The van der Waals surface area contributed by atoms with E-state index >= 15 is 0 Å². The van der Waals surface area contributed by atoms with Crippen LogP contribution in [0.1, 0.15) is 11.3 Å². The van der Waals surface area contributed by atoms with Gasteiger partial charge in [-0.05, 0) is 35.9 Å². The van der Waals surface area contributed by atoms with Crippen LogP contribution in [-0.2, 0) is 22.0 Å². The molecule has 0 saturated heterocycles. The van der Waals surface area contributed by atoms with Crippen LogP contribution in [0, 0.1) is 0 Å². The molecule has 0 bridgehead atoms. The predicted octanol–water partition coefficient (Wildman–Crippen LogP) is 3.94. The number of carbonyl (C=O) groups excluding carboxylic acids is 1. The fourth-order valence-electron chi connectivity index (χ4n) is 2.67. The molecule has 2 aromatic carbocycles. The monoisotopic (exact) mass is 474 g/mol. The van der Waals surface area contributed by atoms with Crippen LogP contribution in [0.5, 0.6) is 5.75 Å². The van der Waals surface area contributed by atoms with E-state index in [1.54, 1.807) is 0 Å². The maximum absolute atomic E-state index is 13.7. The zero-order chi connectivity index (χ0) is 22.8. The van der Waals surface area contributed by atoms with Gasteiger partial charge >= 0.3 is 12.3 Å². The van der Waals surface area contributed by atoms with Gasteiger partial charge in [0.05, 0.1) is 17.6 Å². The Kier molecular flexibility index (Phi) is 6.25. The molecular formula is C18H14ClF3N4O4S. The fourth-order valence-corrected chi connectivity index (χ4v) is 3.48. The van der Waals surface area contributed by atoms with Crippen LogP contribution in [-0.4, -0.2) is 24.3 Å². The minimum absolute atomic E-state index is 0.0141. The number of benzene rings is 2. The van der Waals surface area contributed by atoms with Crippen molar-refractivity contribution >= 4 is 33.4 Å². The van der Waals surface area contributed by atoms with E-state index in [1.807, 2.05) is 0 Å². The molecule has 1 amide bonds. The van der Waals surface area contributed by atoms with Crippen LogP contribution < -0.4 is 15.2 Å². The lowest BCUT2D eigenvalue weighted by Crippen LogP contribution is -2.22. The largest absolute Gasteiger partial charge is 0.437 e. The molecule has 0 fully saturated rings. The SMILES string of the molecule is NS(=O)(=O)Cc1ccccc1NC(=O)Oc1cnn(-c2ccc(Cl)cc2)c1C(F)(F)F. The summed E-state index contributed by atoms with van der Waals surface area (Å²) in [5.74, 6) is -1.44. The summed E-state index contributed by atoms with van der Waals surface area (Å²) >= 11 is 5.76. The topological polar surface area (TPSA) is 116 Å². The third-order valence-corrected chi connectivity index (χ3v) is 4.85. The standard InChI is InChI=1S/C18H14ClF3N4O4S/c19-12-5-7-13(8-6-12)26-16(18(20,21)22)15(9-24-26)30-17(27)25-14-4-2-1-3-11(14)10-31(23,28)29/h1-9H,10H2,(H,25,27)(H2,23,28,29). The zero-order valence-electron chi connectivity index (χ0n) is 15.4. The summed E-state index contributed by atoms with van der Waals surface area (Å²) in [6, 6.07) is 11.1. The minimum Gasteiger partial charge on any atom is -0.406 e. The van der Waals surface area contributed by atoms with Gasteiger partial charge in [-0.15, -0.1) is 0 Å². The predicted molar refractivity (Wildman–Crippen MR) is 106 cm³/mol. The Morgan fingerprint density at radius 3 is 2.42 bits per heavy atom. The van der Waals surface area contributed by atoms with E-state index in [9.17, 15) is 26.4 Å². The van der Waals surface area contributed by atoms with Gasteiger partial charge in [-0.1, -0.05) is 29.8 Å². The number of nitrogens with zero attached hydrogens (tertiary/aromatic N) is 2. The molecule has 13 heteroatoms. The molecule has 8 nitrogen and oxygen atoms in total. The molecule has 0 radical (unpaired) electrons. The number of carbonyl (C=O) groups is 1. The molecular weight excluding hydrogens is 461 g/mol. The minimum atomic E-state index is -4.91. The molecule has 31 heavy (non-hydrogen) atoms. The third kappa shape index (κ3) is 5.75. The molecule has 0 aliphatic carbocycles. The lowest BCUT2D eigenvalue weighted by molar-refractivity contribution is -0.143. The van der Waals surface area contributed by atoms with Crippen molar-refractivity contribution < 1.29 is 31.1 Å². The van der Waals surface area contributed by atoms with Crippen LogP contribution in [0.25, 0.3) is 5.69 Å². The molecule has 0 aliphatic heterocycles. The van der Waals surface area contributed by atoms with E-state index in [-0.39, 0.29) is 16.9 Å². The lowest BCUT2D eigenvalue weighted by atomic mass is 10.2. The number of para-hydroxylation sites is 1. The summed E-state index contributed by atoms with van der Waals surface area (Å²) in [5.41, 5.74) is -1.12. The quantitative estimate of drug-likeness (QED) is 0.581. The number of alkyl halides is 3. The highest BCUT2D eigenvalue weighted by atomic mass is 35.5. The molecule has 0 aliphatic rings. The highest BCUT2D eigenvalue weighted by Gasteiger charge is 2.40. The number of amides is 1. The van der Waals surface area contributed by atoms with Crippen molar-refractivity contribution in [3.63, 3.8) is 0 Å². The Morgan fingerprint density at radius 1 is 1.16 bits per heavy atom. The third-order valence-electron chi connectivity index (χ3n) is 3.89. The summed E-state index contributed by atoms with van der Waals surface area (Å²) < 4.78 is 69.0. The number of rotatable bonds is 5. The molecule has 3 rings (SSSR count). The van der Waals surface area contributed by atoms with E-state index in [0.717, 1.165) is 6.20 Å². The highest BCUT2D eigenvalue weighted by molar-refractivity contribution is 7.88. The Bertz CT molecular complexity index is 1210. The Hall–Kier alpha value is -3.09. The van der Waals surface area contributed by atoms with E-state index in [1.165, 1.54) is 48.5 Å². The molecule has 3 aromatic rings. The normalized spacial score (nSPS) is 11.9. The van der Waals surface area contributed by atoms with Crippen LogP contribution in [0.4, 0.5) is 23.7 Å². The average molecular weight is 475 g/mol. The first-order chi connectivity index (χ1) is 14.4. The van der Waals surface area contributed by atoms with Crippen molar-refractivity contribution in [1.29, 1.82) is 0 Å². The van der Waals surface area contributed by atoms with E-state index in [4.69, 9.17) is 21.5 Å². The second-order valence-corrected chi connectivity index (χ2v) is 8.27. The summed E-state index contributed by atoms with van der Waals surface area (Å²) in [6.07, 6.45) is -5.44.